The Kier molecular flexibility index (Phi) is 3.39. The van der Waals surface area contributed by atoms with Gasteiger partial charge in [0.1, 0.15) is 5.69 Å². The zero-order valence-corrected chi connectivity index (χ0v) is 8.86. The van der Waals surface area contributed by atoms with E-state index in [9.17, 15) is 14.4 Å². The number of hydrogen-bond donors (Lipinski definition) is 5. The summed E-state index contributed by atoms with van der Waals surface area (Å²) < 4.78 is 4.74. The number of hydrogen-bond acceptors (Lipinski definition) is 6. The van der Waals surface area contributed by atoms with Gasteiger partial charge in [0.15, 0.2) is 0 Å². The first-order valence-electron chi connectivity index (χ1n) is 4.31. The molecule has 1 aromatic rings. The number of amides is 4. The van der Waals surface area contributed by atoms with E-state index in [1.807, 2.05) is 0 Å². The minimum atomic E-state index is -1.46. The highest BCUT2D eigenvalue weighted by atomic mass is 16.4. The molecule has 0 unspecified atom stereocenters. The van der Waals surface area contributed by atoms with Crippen molar-refractivity contribution in [2.45, 2.75) is 0 Å². The summed E-state index contributed by atoms with van der Waals surface area (Å²) in [5.74, 6) is 7.90. The SMILES string of the molecule is NC(=O)N(N)c1cc(C(=O)O)oc1N(N)C(N)=O. The maximum atomic E-state index is 10.9. The van der Waals surface area contributed by atoms with Crippen LogP contribution in [-0.4, -0.2) is 23.1 Å². The Hall–Kier alpha value is -2.79. The molecule has 0 saturated heterocycles. The van der Waals surface area contributed by atoms with E-state index in [1.165, 1.54) is 0 Å². The number of carbonyl (C=O) groups is 3. The number of carboxylic acids is 1. The van der Waals surface area contributed by atoms with Gasteiger partial charge in [-0.2, -0.15) is 5.01 Å². The first kappa shape index (κ1) is 13.3. The molecule has 11 heteroatoms. The molecule has 0 aliphatic rings. The topological polar surface area (TPSA) is 195 Å². The van der Waals surface area contributed by atoms with Crippen molar-refractivity contribution in [2.24, 2.45) is 23.2 Å². The van der Waals surface area contributed by atoms with Gasteiger partial charge in [-0.3, -0.25) is 0 Å². The maximum absolute atomic E-state index is 10.9. The molecule has 11 nitrogen and oxygen atoms in total. The van der Waals surface area contributed by atoms with Gasteiger partial charge in [0.2, 0.25) is 11.6 Å². The number of urea groups is 2. The lowest BCUT2D eigenvalue weighted by Gasteiger charge is -2.16. The van der Waals surface area contributed by atoms with Crippen LogP contribution >= 0.6 is 0 Å². The predicted octanol–water partition coefficient (Wildman–Crippen LogP) is -1.50. The Labute approximate surface area is 99.4 Å². The number of hydrazine groups is 2. The van der Waals surface area contributed by atoms with Crippen LogP contribution in [-0.2, 0) is 0 Å². The Morgan fingerprint density at radius 1 is 1.11 bits per heavy atom. The fraction of sp³-hybridized carbons (Fsp3) is 0. The summed E-state index contributed by atoms with van der Waals surface area (Å²) in [6.07, 6.45) is 0. The van der Waals surface area contributed by atoms with E-state index in [2.05, 4.69) is 0 Å². The van der Waals surface area contributed by atoms with Crippen LogP contribution in [0.2, 0.25) is 0 Å². The lowest BCUT2D eigenvalue weighted by Crippen LogP contribution is -2.45. The number of nitrogens with two attached hydrogens (primary N) is 4. The third-order valence-electron chi connectivity index (χ3n) is 1.86. The van der Waals surface area contributed by atoms with Crippen molar-refractivity contribution in [1.82, 2.24) is 0 Å². The Bertz CT molecular complexity index is 473. The number of rotatable bonds is 3. The second kappa shape index (κ2) is 4.60. The van der Waals surface area contributed by atoms with Crippen molar-refractivity contribution >= 4 is 29.6 Å². The van der Waals surface area contributed by atoms with Gasteiger partial charge in [-0.1, -0.05) is 0 Å². The molecule has 98 valence electrons. The lowest BCUT2D eigenvalue weighted by atomic mass is 10.4. The van der Waals surface area contributed by atoms with Crippen molar-refractivity contribution < 1.29 is 23.9 Å². The molecule has 1 rings (SSSR count). The molecule has 0 bridgehead atoms. The molecule has 1 aromatic heterocycles. The molecule has 0 spiro atoms. The van der Waals surface area contributed by atoms with Crippen LogP contribution in [0.5, 0.6) is 0 Å². The monoisotopic (exact) mass is 258 g/mol. The Morgan fingerprint density at radius 2 is 1.61 bits per heavy atom. The van der Waals surface area contributed by atoms with Crippen molar-refractivity contribution in [3.8, 4) is 0 Å². The highest BCUT2D eigenvalue weighted by Crippen LogP contribution is 2.30. The minimum absolute atomic E-state index is 0.282. The largest absolute Gasteiger partial charge is 0.475 e. The standard InChI is InChI=1S/C7H10N6O5/c8-6(16)12(10)2-1-3(5(14)15)18-4(2)13(11)7(9)17/h1H,10-11H2,(H2,8,16)(H2,9,17)(H,14,15). The molecule has 1 heterocycles. The second-order valence-electron chi connectivity index (χ2n) is 3.02. The van der Waals surface area contributed by atoms with Crippen molar-refractivity contribution in [2.75, 3.05) is 10.0 Å². The van der Waals surface area contributed by atoms with Crippen LogP contribution in [0.3, 0.4) is 0 Å². The molecule has 9 N–H and O–H groups in total. The number of nitrogens with zero attached hydrogens (tertiary/aromatic N) is 2. The van der Waals surface area contributed by atoms with E-state index in [1.54, 1.807) is 0 Å². The maximum Gasteiger partial charge on any atom is 0.371 e. The van der Waals surface area contributed by atoms with Crippen LogP contribution in [0.1, 0.15) is 10.6 Å². The van der Waals surface area contributed by atoms with E-state index in [4.69, 9.17) is 32.7 Å². The van der Waals surface area contributed by atoms with Crippen LogP contribution in [0.15, 0.2) is 10.5 Å². The molecule has 0 fully saturated rings. The highest BCUT2D eigenvalue weighted by Gasteiger charge is 2.26. The van der Waals surface area contributed by atoms with Crippen LogP contribution < -0.4 is 33.2 Å². The zero-order chi connectivity index (χ0) is 14.0. The fourth-order valence-corrected chi connectivity index (χ4v) is 1.04. The lowest BCUT2D eigenvalue weighted by molar-refractivity contribution is 0.0663. The Balaban J connectivity index is 3.34. The second-order valence-corrected chi connectivity index (χ2v) is 3.02. The third kappa shape index (κ3) is 2.31. The number of aromatic carboxylic acids is 1. The molecule has 0 saturated carbocycles. The van der Waals surface area contributed by atoms with E-state index in [0.29, 0.717) is 5.01 Å². The zero-order valence-electron chi connectivity index (χ0n) is 8.86. The summed E-state index contributed by atoms with van der Waals surface area (Å²) in [6.45, 7) is 0. The number of carbonyl (C=O) groups excluding carboxylic acids is 2. The van der Waals surface area contributed by atoms with Crippen molar-refractivity contribution in [1.29, 1.82) is 0 Å². The molecule has 0 radical (unpaired) electrons. The number of furan rings is 1. The quantitative estimate of drug-likeness (QED) is 0.247. The minimum Gasteiger partial charge on any atom is -0.475 e. The van der Waals surface area contributed by atoms with E-state index in [-0.39, 0.29) is 10.7 Å². The average Bonchev–Trinajstić information content (AvgIpc) is 2.71. The van der Waals surface area contributed by atoms with E-state index < -0.39 is 29.7 Å². The van der Waals surface area contributed by atoms with Gasteiger partial charge in [-0.25, -0.2) is 31.1 Å². The first-order chi connectivity index (χ1) is 8.25. The number of anilines is 2. The summed E-state index contributed by atoms with van der Waals surface area (Å²) in [4.78, 5) is 32.5. The van der Waals surface area contributed by atoms with Gasteiger partial charge in [0.05, 0.1) is 0 Å². The molecular formula is C7H10N6O5. The van der Waals surface area contributed by atoms with E-state index >= 15 is 0 Å². The summed E-state index contributed by atoms with van der Waals surface area (Å²) in [5, 5.41) is 9.36. The highest BCUT2D eigenvalue weighted by molar-refractivity contribution is 5.99. The molecule has 0 aromatic carbocycles. The Morgan fingerprint density at radius 3 is 2.00 bits per heavy atom. The molecule has 4 amide bonds. The smallest absolute Gasteiger partial charge is 0.371 e. The molecule has 0 aliphatic heterocycles. The van der Waals surface area contributed by atoms with Crippen LogP contribution in [0, 0.1) is 0 Å². The summed E-state index contributed by atoms with van der Waals surface area (Å²) >= 11 is 0. The normalized spacial score (nSPS) is 9.89. The molecular weight excluding hydrogens is 248 g/mol. The van der Waals surface area contributed by atoms with Gasteiger partial charge >= 0.3 is 18.0 Å². The first-order valence-corrected chi connectivity index (χ1v) is 4.31. The number of primary amides is 2. The van der Waals surface area contributed by atoms with Gasteiger partial charge in [0, 0.05) is 6.07 Å². The van der Waals surface area contributed by atoms with Gasteiger partial charge in [0.25, 0.3) is 0 Å². The van der Waals surface area contributed by atoms with Crippen molar-refractivity contribution in [3.63, 3.8) is 0 Å². The summed E-state index contributed by atoms with van der Waals surface area (Å²) in [7, 11) is 0. The van der Waals surface area contributed by atoms with Gasteiger partial charge in [-0.05, 0) is 0 Å². The summed E-state index contributed by atoms with van der Waals surface area (Å²) in [5.41, 5.74) is 9.46. The third-order valence-corrected chi connectivity index (χ3v) is 1.86. The average molecular weight is 258 g/mol. The fourth-order valence-electron chi connectivity index (χ4n) is 1.04. The van der Waals surface area contributed by atoms with Crippen LogP contribution in [0.4, 0.5) is 21.2 Å². The predicted molar refractivity (Wildman–Crippen MR) is 58.2 cm³/mol. The molecule has 18 heavy (non-hydrogen) atoms. The van der Waals surface area contributed by atoms with Gasteiger partial charge < -0.3 is 21.0 Å². The number of carboxylic acid groups (broad SMARTS) is 1. The van der Waals surface area contributed by atoms with Gasteiger partial charge in [-0.15, -0.1) is 0 Å². The molecule has 0 aliphatic carbocycles. The summed E-state index contributed by atoms with van der Waals surface area (Å²) in [6, 6.07) is -1.40. The van der Waals surface area contributed by atoms with Crippen molar-refractivity contribution in [3.05, 3.63) is 11.8 Å². The molecule has 0 atom stereocenters. The van der Waals surface area contributed by atoms with Crippen LogP contribution in [0.25, 0.3) is 0 Å². The van der Waals surface area contributed by atoms with E-state index in [0.717, 1.165) is 6.07 Å².